The lowest BCUT2D eigenvalue weighted by Crippen LogP contribution is -2.50. The molecule has 2 N–H and O–H groups in total. The first-order chi connectivity index (χ1) is 17.8. The first-order valence-electron chi connectivity index (χ1n) is 12.1. The Bertz CT molecular complexity index is 1170. The summed E-state index contributed by atoms with van der Waals surface area (Å²) in [6, 6.07) is 15.8. The number of amidine groups is 1. The van der Waals surface area contributed by atoms with Crippen molar-refractivity contribution in [2.75, 3.05) is 26.2 Å². The molecule has 1 fully saturated rings. The Labute approximate surface area is 225 Å². The van der Waals surface area contributed by atoms with Gasteiger partial charge in [-0.3, -0.25) is 4.79 Å². The van der Waals surface area contributed by atoms with E-state index in [4.69, 9.17) is 27.5 Å². The average Bonchev–Trinajstić information content (AvgIpc) is 3.72. The number of hydrogen-bond acceptors (Lipinski definition) is 4. The third-order valence-corrected chi connectivity index (χ3v) is 6.32. The number of piperazine rings is 1. The third-order valence-electron chi connectivity index (χ3n) is 5.97. The van der Waals surface area contributed by atoms with E-state index in [-0.39, 0.29) is 5.91 Å². The van der Waals surface area contributed by atoms with E-state index in [9.17, 15) is 4.79 Å². The number of amides is 1. The zero-order chi connectivity index (χ0) is 27.5. The molecule has 0 atom stereocenters. The Balaban J connectivity index is 0.000000898. The first-order valence-corrected chi connectivity index (χ1v) is 12.5. The molecule has 37 heavy (non-hydrogen) atoms. The van der Waals surface area contributed by atoms with Crippen molar-refractivity contribution in [3.8, 4) is 0 Å². The molecule has 1 heterocycles. The summed E-state index contributed by atoms with van der Waals surface area (Å²) >= 11 is 5.51. The zero-order valence-electron chi connectivity index (χ0n) is 21.9. The summed E-state index contributed by atoms with van der Waals surface area (Å²) in [5, 5.41) is 0.467. The highest BCUT2D eigenvalue weighted by Gasteiger charge is 2.31. The van der Waals surface area contributed by atoms with E-state index in [1.807, 2.05) is 59.9 Å². The quantitative estimate of drug-likeness (QED) is 0.283. The molecule has 1 saturated heterocycles. The van der Waals surface area contributed by atoms with Crippen molar-refractivity contribution >= 4 is 47.7 Å². The molecule has 0 unspecified atom stereocenters. The van der Waals surface area contributed by atoms with E-state index in [2.05, 4.69) is 37.4 Å². The maximum Gasteiger partial charge on any atom is 0.254 e. The maximum atomic E-state index is 13.4. The van der Waals surface area contributed by atoms with Crippen LogP contribution in [0, 0.1) is 19.3 Å². The molecule has 8 heteroatoms. The summed E-state index contributed by atoms with van der Waals surface area (Å²) in [5.74, 6) is 0.966. The summed E-state index contributed by atoms with van der Waals surface area (Å²) in [4.78, 5) is 38.6. The predicted molar refractivity (Wildman–Crippen MR) is 153 cm³/mol. The monoisotopic (exact) mass is 519 g/mol. The Kier molecular flexibility index (Phi) is 11.3. The third kappa shape index (κ3) is 7.92. The highest BCUT2D eigenvalue weighted by molar-refractivity contribution is 7.80. The van der Waals surface area contributed by atoms with Gasteiger partial charge >= 0.3 is 0 Å². The van der Waals surface area contributed by atoms with Crippen molar-refractivity contribution in [2.24, 2.45) is 16.6 Å². The van der Waals surface area contributed by atoms with Crippen LogP contribution in [0.25, 0.3) is 5.57 Å². The van der Waals surface area contributed by atoms with Gasteiger partial charge in [0.05, 0.1) is 0 Å². The van der Waals surface area contributed by atoms with Crippen molar-refractivity contribution in [1.82, 2.24) is 9.80 Å². The molecule has 0 spiro atoms. The van der Waals surface area contributed by atoms with E-state index in [0.717, 1.165) is 28.5 Å². The number of aldehydes is 1. The van der Waals surface area contributed by atoms with Crippen LogP contribution in [0.15, 0.2) is 59.1 Å². The Hall–Kier alpha value is -3.65. The van der Waals surface area contributed by atoms with Crippen LogP contribution in [0.2, 0.25) is 0 Å². The number of allylic oxidation sites excluding steroid dienone is 2. The van der Waals surface area contributed by atoms with Crippen LogP contribution in [0.5, 0.6) is 0 Å². The topological polar surface area (TPSA) is 96.1 Å². The SMILES string of the molecule is C=O.CC=O.Cc1ccc(C2=C(C(C)C)[CH]2)c(C(=O)N2CCN(C(=S)/N=C(\N)c3ccccc3)CC2)c1. The molecule has 1 aliphatic carbocycles. The second kappa shape index (κ2) is 14.2. The van der Waals surface area contributed by atoms with E-state index in [0.29, 0.717) is 43.0 Å². The van der Waals surface area contributed by atoms with Crippen LogP contribution < -0.4 is 5.73 Å². The number of carbonyl (C=O) groups excluding carboxylic acids is 3. The van der Waals surface area contributed by atoms with E-state index >= 15 is 0 Å². The lowest BCUT2D eigenvalue weighted by atomic mass is 10.0. The van der Waals surface area contributed by atoms with Gasteiger partial charge in [-0.1, -0.05) is 67.4 Å². The number of aliphatic imine (C=N–C) groups is 1. The van der Waals surface area contributed by atoms with Crippen molar-refractivity contribution in [1.29, 1.82) is 0 Å². The lowest BCUT2D eigenvalue weighted by Gasteiger charge is -2.35. The van der Waals surface area contributed by atoms with Gasteiger partial charge in [0.25, 0.3) is 5.91 Å². The molecule has 195 valence electrons. The summed E-state index contributed by atoms with van der Waals surface area (Å²) in [6.07, 6.45) is 2.94. The van der Waals surface area contributed by atoms with Crippen LogP contribution >= 0.6 is 12.2 Å². The fraction of sp³-hybridized carbons (Fsp3) is 0.310. The Morgan fingerprint density at radius 2 is 1.62 bits per heavy atom. The van der Waals surface area contributed by atoms with Crippen molar-refractivity contribution in [2.45, 2.75) is 27.7 Å². The van der Waals surface area contributed by atoms with Gasteiger partial charge in [0, 0.05) is 43.7 Å². The van der Waals surface area contributed by atoms with Crippen LogP contribution in [0.4, 0.5) is 0 Å². The molecular weight excluding hydrogens is 484 g/mol. The van der Waals surface area contributed by atoms with Crippen molar-refractivity contribution in [3.63, 3.8) is 0 Å². The number of nitrogens with two attached hydrogens (primary N) is 1. The fourth-order valence-electron chi connectivity index (χ4n) is 4.02. The fourth-order valence-corrected chi connectivity index (χ4v) is 4.30. The molecule has 1 aliphatic heterocycles. The minimum Gasteiger partial charge on any atom is -0.383 e. The average molecular weight is 520 g/mol. The zero-order valence-corrected chi connectivity index (χ0v) is 22.8. The van der Waals surface area contributed by atoms with Crippen LogP contribution in [0.3, 0.4) is 0 Å². The maximum absolute atomic E-state index is 13.4. The van der Waals surface area contributed by atoms with E-state index in [1.54, 1.807) is 0 Å². The summed E-state index contributed by atoms with van der Waals surface area (Å²) in [5.41, 5.74) is 12.4. The molecule has 0 aromatic heterocycles. The number of carbonyl (C=O) groups is 3. The highest BCUT2D eigenvalue weighted by Crippen LogP contribution is 2.44. The van der Waals surface area contributed by atoms with E-state index < -0.39 is 0 Å². The number of nitrogens with zero attached hydrogens (tertiary/aromatic N) is 3. The molecule has 1 radical (unpaired) electrons. The van der Waals surface area contributed by atoms with Crippen LogP contribution in [0.1, 0.15) is 47.8 Å². The van der Waals surface area contributed by atoms with Gasteiger partial charge in [-0.25, -0.2) is 4.99 Å². The Morgan fingerprint density at radius 3 is 2.16 bits per heavy atom. The van der Waals surface area contributed by atoms with Crippen molar-refractivity contribution < 1.29 is 14.4 Å². The molecule has 7 nitrogen and oxygen atoms in total. The van der Waals surface area contributed by atoms with Gasteiger partial charge in [0.15, 0.2) is 5.11 Å². The Morgan fingerprint density at radius 1 is 1.05 bits per heavy atom. The number of benzene rings is 2. The smallest absolute Gasteiger partial charge is 0.254 e. The number of aryl methyl sites for hydroxylation is 1. The van der Waals surface area contributed by atoms with Gasteiger partial charge in [0.2, 0.25) is 0 Å². The predicted octanol–water partition coefficient (Wildman–Crippen LogP) is 4.09. The minimum atomic E-state index is 0.0810. The highest BCUT2D eigenvalue weighted by atomic mass is 32.1. The second-order valence-corrected chi connectivity index (χ2v) is 9.24. The van der Waals surface area contributed by atoms with Gasteiger partial charge < -0.3 is 25.1 Å². The number of rotatable bonds is 4. The van der Waals surface area contributed by atoms with Gasteiger partial charge in [-0.05, 0) is 49.2 Å². The molecule has 0 bridgehead atoms. The number of hydrogen-bond donors (Lipinski definition) is 1. The largest absolute Gasteiger partial charge is 0.383 e. The molecule has 4 rings (SSSR count). The van der Waals surface area contributed by atoms with Crippen molar-refractivity contribution in [3.05, 3.63) is 82.8 Å². The van der Waals surface area contributed by atoms with E-state index in [1.165, 1.54) is 18.1 Å². The van der Waals surface area contributed by atoms with Gasteiger partial charge in [-0.2, -0.15) is 0 Å². The molecule has 1 amide bonds. The normalized spacial score (nSPS) is 14.8. The molecule has 2 aliphatic rings. The summed E-state index contributed by atoms with van der Waals surface area (Å²) in [6.45, 7) is 12.3. The van der Waals surface area contributed by atoms with Crippen LogP contribution in [-0.4, -0.2) is 65.9 Å². The van der Waals surface area contributed by atoms with Gasteiger partial charge in [-0.15, -0.1) is 0 Å². The van der Waals surface area contributed by atoms with Gasteiger partial charge in [0.1, 0.15) is 18.9 Å². The molecule has 2 aromatic rings. The molecule has 0 saturated carbocycles. The standard InChI is InChI=1S/C26H29N4OS.C2H4O.CH2O/c1-17(2)21-16-22(21)20-10-9-18(3)15-23(20)25(31)29-11-13-30(14-12-29)26(32)28-24(27)19-7-5-4-6-8-19;1-2-3;1-2/h4-10,15-17H,11-14H2,1-3H3,(H2,27,28,32);2H,1H3;1H2. The summed E-state index contributed by atoms with van der Waals surface area (Å²) in [7, 11) is 0. The lowest BCUT2D eigenvalue weighted by molar-refractivity contribution is -0.106. The molecule has 2 aromatic carbocycles. The number of thiocarbonyl (C=S) groups is 1. The van der Waals surface area contributed by atoms with Crippen LogP contribution in [-0.2, 0) is 9.59 Å². The first kappa shape index (κ1) is 29.6. The molecular formula is C29H35N4O3S. The minimum absolute atomic E-state index is 0.0810. The second-order valence-electron chi connectivity index (χ2n) is 8.88. The summed E-state index contributed by atoms with van der Waals surface area (Å²) < 4.78 is 0.